The molecule has 5 heterocycles. The highest BCUT2D eigenvalue weighted by molar-refractivity contribution is 6.13. The molecule has 0 atom stereocenters. The van der Waals surface area contributed by atoms with Gasteiger partial charge in [0.1, 0.15) is 0 Å². The lowest BCUT2D eigenvalue weighted by atomic mass is 9.74. The van der Waals surface area contributed by atoms with Crippen molar-refractivity contribution in [2.75, 3.05) is 0 Å². The molecule has 0 bridgehead atoms. The number of rotatable bonds is 8. The summed E-state index contributed by atoms with van der Waals surface area (Å²) in [5.74, 6) is 1.91. The Morgan fingerprint density at radius 3 is 0.977 bits per heavy atom. The summed E-state index contributed by atoms with van der Waals surface area (Å²) in [6, 6.07) is 99.9. The molecule has 0 amide bonds. The van der Waals surface area contributed by atoms with E-state index < -0.39 is 0 Å². The van der Waals surface area contributed by atoms with Crippen molar-refractivity contribution in [3.05, 3.63) is 295 Å². The van der Waals surface area contributed by atoms with Crippen LogP contribution in [0.15, 0.2) is 273 Å². The van der Waals surface area contributed by atoms with Gasteiger partial charge in [-0.1, -0.05) is 234 Å². The van der Waals surface area contributed by atoms with E-state index in [2.05, 4.69) is 249 Å². The van der Waals surface area contributed by atoms with Crippen molar-refractivity contribution in [1.29, 1.82) is 0 Å². The summed E-state index contributed by atoms with van der Waals surface area (Å²) in [7, 11) is 0. The maximum absolute atomic E-state index is 5.07. The van der Waals surface area contributed by atoms with E-state index in [4.69, 9.17) is 15.0 Å². The van der Waals surface area contributed by atoms with Crippen molar-refractivity contribution >= 4 is 43.6 Å². The Morgan fingerprint density at radius 2 is 0.535 bits per heavy atom. The van der Waals surface area contributed by atoms with E-state index in [9.17, 15) is 0 Å². The van der Waals surface area contributed by atoms with Gasteiger partial charge in [-0.3, -0.25) is 0 Å². The maximum atomic E-state index is 5.07. The zero-order chi connectivity index (χ0) is 57.4. The first-order valence-electron chi connectivity index (χ1n) is 29.8. The van der Waals surface area contributed by atoms with Crippen LogP contribution in [0, 0.1) is 0 Å². The highest BCUT2D eigenvalue weighted by Gasteiger charge is 2.37. The second-order valence-corrected chi connectivity index (χ2v) is 24.4. The van der Waals surface area contributed by atoms with E-state index in [1.165, 1.54) is 99.5 Å². The van der Waals surface area contributed by atoms with Gasteiger partial charge < -0.3 is 9.13 Å². The number of fused-ring (bicyclic) bond motifs is 10. The van der Waals surface area contributed by atoms with Gasteiger partial charge in [-0.05, 0) is 145 Å². The summed E-state index contributed by atoms with van der Waals surface area (Å²) in [6.45, 7) is 9.54. The van der Waals surface area contributed by atoms with Gasteiger partial charge in [-0.2, -0.15) is 0 Å². The fraction of sp³-hybridized carbons (Fsp3) is 0.0741. The van der Waals surface area contributed by atoms with Crippen LogP contribution < -0.4 is 0 Å². The molecular formula is C81H57N5. The first kappa shape index (κ1) is 49.8. The standard InChI is InChI=1S/C81H57N5/c1-80(2)67-31-17-29-65-63-27-11-13-33-71(63)85(75(65)67)73-41-39-58(48-69(73)80)54-23-15-25-56(43-54)61-45-60(50-35-37-53(38-36-50)79-83-77(51-19-7-5-8-20-51)82-78(84-79)52-21-9-6-10-22-52)46-62(47-61)57-26-16-24-55(44-57)59-40-42-74-70(49-59)81(3,4)68-32-18-30-66-64-28-12-14-34-72(64)86(74)76(66)68/h5-49H,1-4H3. The quantitative estimate of drug-likeness (QED) is 0.152. The van der Waals surface area contributed by atoms with E-state index in [1.807, 2.05) is 60.7 Å². The van der Waals surface area contributed by atoms with Gasteiger partial charge >= 0.3 is 0 Å². The number of hydrogen-bond acceptors (Lipinski definition) is 3. The Kier molecular flexibility index (Phi) is 10.9. The maximum Gasteiger partial charge on any atom is 0.164 e. The predicted octanol–water partition coefficient (Wildman–Crippen LogP) is 20.7. The topological polar surface area (TPSA) is 48.5 Å². The van der Waals surface area contributed by atoms with E-state index >= 15 is 0 Å². The lowest BCUT2D eigenvalue weighted by molar-refractivity contribution is 0.630. The summed E-state index contributed by atoms with van der Waals surface area (Å²) in [4.78, 5) is 15.1. The third-order valence-electron chi connectivity index (χ3n) is 18.7. The molecule has 86 heavy (non-hydrogen) atoms. The normalized spacial score (nSPS) is 13.5. The molecule has 2 aliphatic heterocycles. The molecule has 0 aliphatic carbocycles. The number of hydrogen-bond donors (Lipinski definition) is 0. The summed E-state index contributed by atoms with van der Waals surface area (Å²) < 4.78 is 4.99. The summed E-state index contributed by atoms with van der Waals surface area (Å²) in [5, 5.41) is 5.19. The molecule has 0 radical (unpaired) electrons. The molecule has 0 fully saturated rings. The third kappa shape index (κ3) is 7.67. The molecular weight excluding hydrogens is 1040 g/mol. The number of nitrogens with zero attached hydrogens (tertiary/aromatic N) is 5. The third-order valence-corrected chi connectivity index (χ3v) is 18.7. The van der Waals surface area contributed by atoms with Crippen LogP contribution >= 0.6 is 0 Å². The van der Waals surface area contributed by atoms with Crippen molar-refractivity contribution in [1.82, 2.24) is 24.1 Å². The zero-order valence-corrected chi connectivity index (χ0v) is 48.2. The van der Waals surface area contributed by atoms with Crippen molar-refractivity contribution < 1.29 is 0 Å². The predicted molar refractivity (Wildman–Crippen MR) is 356 cm³/mol. The second kappa shape index (κ2) is 18.9. The van der Waals surface area contributed by atoms with E-state index in [-0.39, 0.29) is 10.8 Å². The molecule has 5 nitrogen and oxygen atoms in total. The minimum Gasteiger partial charge on any atom is -0.309 e. The average molecular weight is 1100 g/mol. The fourth-order valence-corrected chi connectivity index (χ4v) is 14.3. The number of aromatic nitrogens is 5. The molecule has 0 saturated heterocycles. The minimum atomic E-state index is -0.219. The van der Waals surface area contributed by atoms with Gasteiger partial charge in [-0.15, -0.1) is 0 Å². The molecule has 17 rings (SSSR count). The Labute approximate surface area is 499 Å². The van der Waals surface area contributed by atoms with Crippen molar-refractivity contribution in [2.45, 2.75) is 38.5 Å². The van der Waals surface area contributed by atoms with E-state index in [0.717, 1.165) is 50.1 Å². The molecule has 0 spiro atoms. The Bertz CT molecular complexity index is 4970. The van der Waals surface area contributed by atoms with Gasteiger partial charge in [0.05, 0.1) is 33.4 Å². The van der Waals surface area contributed by atoms with Crippen LogP contribution in [0.2, 0.25) is 0 Å². The Hall–Kier alpha value is -10.8. The minimum absolute atomic E-state index is 0.219. The highest BCUT2D eigenvalue weighted by Crippen LogP contribution is 2.51. The lowest BCUT2D eigenvalue weighted by Crippen LogP contribution is -2.26. The molecule has 0 N–H and O–H groups in total. The number of benzene rings is 12. The number of para-hydroxylation sites is 4. The molecule has 5 heteroatoms. The van der Waals surface area contributed by atoms with E-state index in [1.54, 1.807) is 0 Å². The van der Waals surface area contributed by atoms with Gasteiger partial charge in [0.2, 0.25) is 0 Å². The first-order chi connectivity index (χ1) is 42.1. The SMILES string of the molecule is CC1(C)c2cc(-c3cccc(-c4cc(-c5ccc(-c6nc(-c7ccccc7)nc(-c7ccccc7)n6)cc5)cc(-c5cccc(-c6ccc7c(c6)C(C)(C)c6cccc8c9ccccc9n-7c68)c5)c4)c3)ccc2-n2c3ccccc3c3cccc1c32. The summed E-state index contributed by atoms with van der Waals surface area (Å²) in [5.41, 5.74) is 26.8. The Balaban J connectivity index is 0.787. The van der Waals surface area contributed by atoms with Crippen molar-refractivity contribution in [3.63, 3.8) is 0 Å². The van der Waals surface area contributed by atoms with Crippen LogP contribution in [0.4, 0.5) is 0 Å². The van der Waals surface area contributed by atoms with Crippen LogP contribution in [0.1, 0.15) is 49.9 Å². The van der Waals surface area contributed by atoms with Gasteiger partial charge in [-0.25, -0.2) is 15.0 Å². The van der Waals surface area contributed by atoms with Gasteiger partial charge in [0.25, 0.3) is 0 Å². The highest BCUT2D eigenvalue weighted by atomic mass is 15.0. The van der Waals surface area contributed by atoms with Crippen molar-refractivity contribution in [2.24, 2.45) is 0 Å². The molecule has 15 aromatic rings. The van der Waals surface area contributed by atoms with Crippen molar-refractivity contribution in [3.8, 4) is 101 Å². The molecule has 406 valence electrons. The molecule has 0 saturated carbocycles. The van der Waals surface area contributed by atoms with Crippen LogP contribution in [0.3, 0.4) is 0 Å². The fourth-order valence-electron chi connectivity index (χ4n) is 14.3. The Morgan fingerprint density at radius 1 is 0.233 bits per heavy atom. The summed E-state index contributed by atoms with van der Waals surface area (Å²) >= 11 is 0. The molecule has 2 aliphatic rings. The summed E-state index contributed by atoms with van der Waals surface area (Å²) in [6.07, 6.45) is 0. The van der Waals surface area contributed by atoms with Gasteiger partial charge in [0, 0.05) is 49.1 Å². The second-order valence-electron chi connectivity index (χ2n) is 24.4. The molecule has 0 unspecified atom stereocenters. The van der Waals surface area contributed by atoms with Crippen LogP contribution in [0.25, 0.3) is 145 Å². The monoisotopic (exact) mass is 1100 g/mol. The van der Waals surface area contributed by atoms with Crippen LogP contribution in [-0.4, -0.2) is 24.1 Å². The van der Waals surface area contributed by atoms with Crippen LogP contribution in [0.5, 0.6) is 0 Å². The first-order valence-corrected chi connectivity index (χ1v) is 29.8. The average Bonchev–Trinajstić information content (AvgIpc) is 1.56. The molecule has 3 aromatic heterocycles. The largest absolute Gasteiger partial charge is 0.309 e. The smallest absolute Gasteiger partial charge is 0.164 e. The lowest BCUT2D eigenvalue weighted by Gasteiger charge is -2.35. The van der Waals surface area contributed by atoms with Crippen LogP contribution in [-0.2, 0) is 10.8 Å². The molecule has 12 aromatic carbocycles. The van der Waals surface area contributed by atoms with Gasteiger partial charge in [0.15, 0.2) is 17.5 Å². The van der Waals surface area contributed by atoms with E-state index in [0.29, 0.717) is 17.5 Å². The zero-order valence-electron chi connectivity index (χ0n) is 48.2.